The molecule has 0 radical (unpaired) electrons. The number of sulfonamides is 1. The Balaban J connectivity index is 1.98. The summed E-state index contributed by atoms with van der Waals surface area (Å²) in [6.07, 6.45) is 4.13. The van der Waals surface area contributed by atoms with E-state index in [0.717, 1.165) is 36.8 Å². The number of hydrogen-bond acceptors (Lipinski definition) is 3. The number of aryl methyl sites for hydroxylation is 2. The normalized spacial score (nSPS) is 15.1. The number of carbonyl (C=O) groups excluding carboxylic acids is 1. The molecule has 2 aromatic carbocycles. The number of amides is 1. The van der Waals surface area contributed by atoms with E-state index in [2.05, 4.69) is 0 Å². The highest BCUT2D eigenvalue weighted by molar-refractivity contribution is 7.92. The number of rotatable bonds is 5. The zero-order chi connectivity index (χ0) is 21.0. The van der Waals surface area contributed by atoms with Gasteiger partial charge < -0.3 is 4.90 Å². The highest BCUT2D eigenvalue weighted by Crippen LogP contribution is 2.27. The van der Waals surface area contributed by atoms with Crippen molar-refractivity contribution in [2.75, 3.05) is 23.9 Å². The molecule has 1 aliphatic heterocycles. The summed E-state index contributed by atoms with van der Waals surface area (Å²) >= 11 is 5.93. The van der Waals surface area contributed by atoms with Gasteiger partial charge in [0.15, 0.2) is 0 Å². The van der Waals surface area contributed by atoms with Crippen LogP contribution >= 0.6 is 11.6 Å². The van der Waals surface area contributed by atoms with E-state index in [4.69, 9.17) is 11.6 Å². The van der Waals surface area contributed by atoms with Crippen LogP contribution in [-0.4, -0.2) is 38.9 Å². The van der Waals surface area contributed by atoms with Crippen LogP contribution in [0.3, 0.4) is 0 Å². The lowest BCUT2D eigenvalue weighted by Gasteiger charge is -2.28. The number of likely N-dealkylation sites (tertiary alicyclic amines) is 1. The van der Waals surface area contributed by atoms with Crippen LogP contribution in [0.15, 0.2) is 47.4 Å². The van der Waals surface area contributed by atoms with Crippen LogP contribution in [0.1, 0.15) is 36.8 Å². The summed E-state index contributed by atoms with van der Waals surface area (Å²) in [4.78, 5) is 14.9. The number of hydrogen-bond donors (Lipinski definition) is 0. The predicted octanol–water partition coefficient (Wildman–Crippen LogP) is 4.55. The minimum atomic E-state index is -3.92. The summed E-state index contributed by atoms with van der Waals surface area (Å²) in [5, 5.41) is 0.460. The summed E-state index contributed by atoms with van der Waals surface area (Å²) < 4.78 is 28.1. The van der Waals surface area contributed by atoms with Crippen LogP contribution in [-0.2, 0) is 14.8 Å². The maximum Gasteiger partial charge on any atom is 0.264 e. The molecule has 7 heteroatoms. The molecule has 0 bridgehead atoms. The summed E-state index contributed by atoms with van der Waals surface area (Å²) in [5.41, 5.74) is 2.53. The first-order valence-electron chi connectivity index (χ1n) is 9.92. The summed E-state index contributed by atoms with van der Waals surface area (Å²) in [6, 6.07) is 11.5. The molecule has 0 unspecified atom stereocenters. The first-order chi connectivity index (χ1) is 13.8. The Hall–Kier alpha value is -2.05. The Bertz CT molecular complexity index is 966. The van der Waals surface area contributed by atoms with Gasteiger partial charge in [-0.3, -0.25) is 9.10 Å². The SMILES string of the molecule is Cc1ccc(N(CC(=O)N2CCCCCC2)S(=O)(=O)c2ccc(Cl)cc2)cc1C. The maximum atomic E-state index is 13.4. The summed E-state index contributed by atoms with van der Waals surface area (Å²) in [5.74, 6) is -0.164. The van der Waals surface area contributed by atoms with Crippen molar-refractivity contribution in [3.05, 3.63) is 58.6 Å². The van der Waals surface area contributed by atoms with Crippen molar-refractivity contribution in [3.63, 3.8) is 0 Å². The van der Waals surface area contributed by atoms with Crippen LogP contribution in [0, 0.1) is 13.8 Å². The quantitative estimate of drug-likeness (QED) is 0.693. The lowest BCUT2D eigenvalue weighted by molar-refractivity contribution is -0.129. The molecule has 1 heterocycles. The molecule has 0 aromatic heterocycles. The van der Waals surface area contributed by atoms with Gasteiger partial charge in [-0.15, -0.1) is 0 Å². The van der Waals surface area contributed by atoms with Crippen LogP contribution in [0.5, 0.6) is 0 Å². The Kier molecular flexibility index (Phi) is 6.85. The molecule has 0 N–H and O–H groups in total. The molecular weight excluding hydrogens is 408 g/mol. The molecule has 156 valence electrons. The van der Waals surface area contributed by atoms with Gasteiger partial charge in [-0.1, -0.05) is 30.5 Å². The fourth-order valence-electron chi connectivity index (χ4n) is 3.47. The Morgan fingerprint density at radius 2 is 1.59 bits per heavy atom. The van der Waals surface area contributed by atoms with E-state index < -0.39 is 10.0 Å². The third-order valence-corrected chi connectivity index (χ3v) is 7.46. The van der Waals surface area contributed by atoms with Crippen LogP contribution in [0.25, 0.3) is 0 Å². The third kappa shape index (κ3) is 5.11. The molecular formula is C22H27ClN2O3S. The predicted molar refractivity (Wildman–Crippen MR) is 117 cm³/mol. The van der Waals surface area contributed by atoms with Gasteiger partial charge in [-0.2, -0.15) is 0 Å². The lowest BCUT2D eigenvalue weighted by Crippen LogP contribution is -2.43. The number of carbonyl (C=O) groups is 1. The van der Waals surface area contributed by atoms with Gasteiger partial charge in [-0.05, 0) is 74.2 Å². The number of benzene rings is 2. The van der Waals surface area contributed by atoms with E-state index in [0.29, 0.717) is 23.8 Å². The van der Waals surface area contributed by atoms with Crippen molar-refractivity contribution in [2.45, 2.75) is 44.4 Å². The van der Waals surface area contributed by atoms with E-state index in [-0.39, 0.29) is 17.3 Å². The van der Waals surface area contributed by atoms with Gasteiger partial charge in [0.05, 0.1) is 10.6 Å². The van der Waals surface area contributed by atoms with Crippen LogP contribution < -0.4 is 4.31 Å². The average molecular weight is 435 g/mol. The monoisotopic (exact) mass is 434 g/mol. The van der Waals surface area contributed by atoms with E-state index >= 15 is 0 Å². The van der Waals surface area contributed by atoms with Gasteiger partial charge in [-0.25, -0.2) is 8.42 Å². The topological polar surface area (TPSA) is 57.7 Å². The average Bonchev–Trinajstić information content (AvgIpc) is 2.98. The molecule has 1 fully saturated rings. The standard InChI is InChI=1S/C22H27ClN2O3S/c1-17-7-10-20(15-18(17)2)25(16-22(26)24-13-5-3-4-6-14-24)29(27,28)21-11-8-19(23)9-12-21/h7-12,15H,3-6,13-14,16H2,1-2H3. The minimum absolute atomic E-state index is 0.115. The van der Waals surface area contributed by atoms with Gasteiger partial charge in [0.1, 0.15) is 6.54 Å². The van der Waals surface area contributed by atoms with E-state index in [1.165, 1.54) is 16.4 Å². The third-order valence-electron chi connectivity index (χ3n) is 5.42. The highest BCUT2D eigenvalue weighted by atomic mass is 35.5. The molecule has 29 heavy (non-hydrogen) atoms. The van der Waals surface area contributed by atoms with Crippen molar-refractivity contribution in [2.24, 2.45) is 0 Å². The van der Waals surface area contributed by atoms with Crippen molar-refractivity contribution in [3.8, 4) is 0 Å². The molecule has 2 aromatic rings. The van der Waals surface area contributed by atoms with Gasteiger partial charge in [0.2, 0.25) is 5.91 Å². The fourth-order valence-corrected chi connectivity index (χ4v) is 5.00. The molecule has 1 amide bonds. The molecule has 1 saturated heterocycles. The second-order valence-corrected chi connectivity index (χ2v) is 9.83. The van der Waals surface area contributed by atoms with Crippen molar-refractivity contribution in [1.29, 1.82) is 0 Å². The maximum absolute atomic E-state index is 13.4. The van der Waals surface area contributed by atoms with Crippen LogP contribution in [0.4, 0.5) is 5.69 Å². The fraction of sp³-hybridized carbons (Fsp3) is 0.409. The van der Waals surface area contributed by atoms with Crippen molar-refractivity contribution < 1.29 is 13.2 Å². The number of halogens is 1. The van der Waals surface area contributed by atoms with Gasteiger partial charge in [0, 0.05) is 18.1 Å². The van der Waals surface area contributed by atoms with E-state index in [1.54, 1.807) is 23.1 Å². The van der Waals surface area contributed by atoms with Gasteiger partial charge >= 0.3 is 0 Å². The molecule has 0 spiro atoms. The lowest BCUT2D eigenvalue weighted by atomic mass is 10.1. The van der Waals surface area contributed by atoms with Crippen LogP contribution in [0.2, 0.25) is 5.02 Å². The van der Waals surface area contributed by atoms with Crippen molar-refractivity contribution >= 4 is 33.2 Å². The molecule has 0 atom stereocenters. The molecule has 5 nitrogen and oxygen atoms in total. The highest BCUT2D eigenvalue weighted by Gasteiger charge is 2.29. The second-order valence-electron chi connectivity index (χ2n) is 7.53. The molecule has 0 aliphatic carbocycles. The molecule has 0 saturated carbocycles. The molecule has 1 aliphatic rings. The number of anilines is 1. The summed E-state index contributed by atoms with van der Waals surface area (Å²) in [6.45, 7) is 5.05. The summed E-state index contributed by atoms with van der Waals surface area (Å²) in [7, 11) is -3.92. The Labute approximate surface area is 178 Å². The van der Waals surface area contributed by atoms with E-state index in [1.807, 2.05) is 26.0 Å². The van der Waals surface area contributed by atoms with Gasteiger partial charge in [0.25, 0.3) is 10.0 Å². The van der Waals surface area contributed by atoms with Crippen molar-refractivity contribution in [1.82, 2.24) is 4.90 Å². The largest absolute Gasteiger partial charge is 0.341 e. The zero-order valence-electron chi connectivity index (χ0n) is 16.9. The minimum Gasteiger partial charge on any atom is -0.341 e. The first-order valence-corrected chi connectivity index (χ1v) is 11.7. The number of nitrogens with zero attached hydrogens (tertiary/aromatic N) is 2. The zero-order valence-corrected chi connectivity index (χ0v) is 18.5. The Morgan fingerprint density at radius 3 is 2.17 bits per heavy atom. The second kappa shape index (κ2) is 9.18. The Morgan fingerprint density at radius 1 is 0.966 bits per heavy atom. The first kappa shape index (κ1) is 21.7. The molecule has 3 rings (SSSR count). The van der Waals surface area contributed by atoms with E-state index in [9.17, 15) is 13.2 Å². The smallest absolute Gasteiger partial charge is 0.264 e.